The molecule has 0 radical (unpaired) electrons. The number of aromatic nitrogens is 2. The molecule has 4 rings (SSSR count). The maximum absolute atomic E-state index is 12.0. The predicted molar refractivity (Wildman–Crippen MR) is 88.6 cm³/mol. The standard InChI is InChI=1S/C17H20N4O4/c1-23-16-5-15(19-10-20-16)21-7-12-11(9-25-14(12)8-21)6-18-17(22)13-3-2-4-24-13/h2-5,10-12,14H,6-9H2,1H3,(H,18,22)/t11-,12+,14+/m1/s1. The van der Waals surface area contributed by atoms with E-state index in [1.54, 1.807) is 19.2 Å². The summed E-state index contributed by atoms with van der Waals surface area (Å²) in [7, 11) is 1.59. The van der Waals surface area contributed by atoms with Crippen LogP contribution in [0.2, 0.25) is 0 Å². The van der Waals surface area contributed by atoms with Crippen molar-refractivity contribution in [2.45, 2.75) is 6.10 Å². The summed E-state index contributed by atoms with van der Waals surface area (Å²) in [5, 5.41) is 2.94. The van der Waals surface area contributed by atoms with Crippen LogP contribution in [0.3, 0.4) is 0 Å². The van der Waals surface area contributed by atoms with Crippen molar-refractivity contribution in [1.29, 1.82) is 0 Å². The number of amides is 1. The third-order valence-electron chi connectivity index (χ3n) is 4.87. The smallest absolute Gasteiger partial charge is 0.286 e. The Labute approximate surface area is 145 Å². The molecule has 25 heavy (non-hydrogen) atoms. The van der Waals surface area contributed by atoms with Crippen LogP contribution in [-0.2, 0) is 4.74 Å². The second kappa shape index (κ2) is 6.72. The summed E-state index contributed by atoms with van der Waals surface area (Å²) < 4.78 is 16.2. The molecule has 8 nitrogen and oxygen atoms in total. The summed E-state index contributed by atoms with van der Waals surface area (Å²) in [6.07, 6.45) is 3.16. The summed E-state index contributed by atoms with van der Waals surface area (Å²) in [4.78, 5) is 22.6. The van der Waals surface area contributed by atoms with Crippen LogP contribution in [0.25, 0.3) is 0 Å². The summed E-state index contributed by atoms with van der Waals surface area (Å²) in [5.41, 5.74) is 0. The van der Waals surface area contributed by atoms with E-state index < -0.39 is 0 Å². The molecule has 0 aromatic carbocycles. The van der Waals surface area contributed by atoms with Gasteiger partial charge in [0.05, 0.1) is 26.1 Å². The van der Waals surface area contributed by atoms with Crippen LogP contribution >= 0.6 is 0 Å². The van der Waals surface area contributed by atoms with Crippen LogP contribution < -0.4 is 15.0 Å². The van der Waals surface area contributed by atoms with Crippen molar-refractivity contribution in [1.82, 2.24) is 15.3 Å². The van der Waals surface area contributed by atoms with Gasteiger partial charge in [0.2, 0.25) is 5.88 Å². The number of carbonyl (C=O) groups is 1. The largest absolute Gasteiger partial charge is 0.481 e. The molecule has 132 valence electrons. The summed E-state index contributed by atoms with van der Waals surface area (Å²) in [6.45, 7) is 2.86. The van der Waals surface area contributed by atoms with E-state index in [9.17, 15) is 4.79 Å². The minimum absolute atomic E-state index is 0.159. The van der Waals surface area contributed by atoms with Crippen molar-refractivity contribution in [2.24, 2.45) is 11.8 Å². The minimum Gasteiger partial charge on any atom is -0.481 e. The Morgan fingerprint density at radius 3 is 3.16 bits per heavy atom. The number of carbonyl (C=O) groups excluding carboxylic acids is 1. The minimum atomic E-state index is -0.191. The molecule has 2 aliphatic heterocycles. The van der Waals surface area contributed by atoms with Gasteiger partial charge in [-0.1, -0.05) is 0 Å². The number of methoxy groups -OCH3 is 1. The molecule has 2 saturated heterocycles. The molecule has 2 aromatic rings. The van der Waals surface area contributed by atoms with Crippen molar-refractivity contribution >= 4 is 11.7 Å². The molecule has 2 fully saturated rings. The van der Waals surface area contributed by atoms with E-state index in [0.717, 1.165) is 18.9 Å². The molecule has 1 N–H and O–H groups in total. The fourth-order valence-corrected chi connectivity index (χ4v) is 3.53. The van der Waals surface area contributed by atoms with Gasteiger partial charge in [0.15, 0.2) is 5.76 Å². The Morgan fingerprint density at radius 1 is 1.44 bits per heavy atom. The summed E-state index contributed by atoms with van der Waals surface area (Å²) in [6, 6.07) is 5.19. The van der Waals surface area contributed by atoms with E-state index in [1.807, 2.05) is 6.07 Å². The first-order chi connectivity index (χ1) is 12.2. The first-order valence-electron chi connectivity index (χ1n) is 8.29. The first kappa shape index (κ1) is 15.9. The van der Waals surface area contributed by atoms with E-state index in [0.29, 0.717) is 30.7 Å². The lowest BCUT2D eigenvalue weighted by molar-refractivity contribution is 0.0912. The van der Waals surface area contributed by atoms with E-state index in [4.69, 9.17) is 13.9 Å². The average Bonchev–Trinajstić information content (AvgIpc) is 3.37. The molecule has 1 amide bonds. The van der Waals surface area contributed by atoms with Gasteiger partial charge in [-0.3, -0.25) is 4.79 Å². The van der Waals surface area contributed by atoms with Crippen LogP contribution in [0.15, 0.2) is 35.2 Å². The first-order valence-corrected chi connectivity index (χ1v) is 8.29. The lowest BCUT2D eigenvalue weighted by atomic mass is 9.93. The third-order valence-corrected chi connectivity index (χ3v) is 4.87. The highest BCUT2D eigenvalue weighted by atomic mass is 16.5. The Hall–Kier alpha value is -2.61. The number of nitrogens with one attached hydrogen (secondary N) is 1. The molecule has 2 aromatic heterocycles. The highest BCUT2D eigenvalue weighted by molar-refractivity contribution is 5.91. The number of fused-ring (bicyclic) bond motifs is 1. The second-order valence-electron chi connectivity index (χ2n) is 6.31. The number of hydrogen-bond donors (Lipinski definition) is 1. The fraction of sp³-hybridized carbons (Fsp3) is 0.471. The monoisotopic (exact) mass is 344 g/mol. The van der Waals surface area contributed by atoms with Crippen LogP contribution in [0, 0.1) is 11.8 Å². The second-order valence-corrected chi connectivity index (χ2v) is 6.31. The average molecular weight is 344 g/mol. The van der Waals surface area contributed by atoms with Crippen molar-refractivity contribution < 1.29 is 18.7 Å². The normalized spacial score (nSPS) is 25.0. The van der Waals surface area contributed by atoms with Crippen molar-refractivity contribution in [3.63, 3.8) is 0 Å². The molecule has 0 bridgehead atoms. The Bertz CT molecular complexity index is 736. The quantitative estimate of drug-likeness (QED) is 0.864. The molecule has 0 saturated carbocycles. The van der Waals surface area contributed by atoms with Crippen molar-refractivity contribution in [2.75, 3.05) is 38.3 Å². The Kier molecular flexibility index (Phi) is 4.27. The van der Waals surface area contributed by atoms with E-state index in [1.165, 1.54) is 12.6 Å². The number of furan rings is 1. The Morgan fingerprint density at radius 2 is 2.36 bits per heavy atom. The van der Waals surface area contributed by atoms with E-state index in [2.05, 4.69) is 20.2 Å². The third kappa shape index (κ3) is 3.17. The highest BCUT2D eigenvalue weighted by Crippen LogP contribution is 2.35. The van der Waals surface area contributed by atoms with E-state index in [-0.39, 0.29) is 17.9 Å². The van der Waals surface area contributed by atoms with Gasteiger partial charge in [-0.05, 0) is 12.1 Å². The fourth-order valence-electron chi connectivity index (χ4n) is 3.53. The number of anilines is 1. The van der Waals surface area contributed by atoms with Gasteiger partial charge in [0.1, 0.15) is 12.1 Å². The van der Waals surface area contributed by atoms with Crippen LogP contribution in [0.1, 0.15) is 10.6 Å². The summed E-state index contributed by atoms with van der Waals surface area (Å²) in [5.74, 6) is 2.16. The van der Waals surface area contributed by atoms with Gasteiger partial charge in [0, 0.05) is 37.5 Å². The zero-order valence-electron chi connectivity index (χ0n) is 13.9. The lowest BCUT2D eigenvalue weighted by Gasteiger charge is -2.20. The number of ether oxygens (including phenoxy) is 2. The highest BCUT2D eigenvalue weighted by Gasteiger charge is 2.44. The zero-order chi connectivity index (χ0) is 17.2. The molecule has 2 aliphatic rings. The van der Waals surface area contributed by atoms with Crippen LogP contribution in [0.4, 0.5) is 5.82 Å². The molecule has 3 atom stereocenters. The molecular weight excluding hydrogens is 324 g/mol. The number of hydrogen-bond acceptors (Lipinski definition) is 7. The van der Waals surface area contributed by atoms with Gasteiger partial charge in [-0.15, -0.1) is 0 Å². The number of nitrogens with zero attached hydrogens (tertiary/aromatic N) is 3. The zero-order valence-corrected chi connectivity index (χ0v) is 13.9. The molecule has 8 heteroatoms. The number of rotatable bonds is 5. The predicted octanol–water partition coefficient (Wildman–Crippen LogP) is 0.959. The lowest BCUT2D eigenvalue weighted by Crippen LogP contribution is -2.34. The van der Waals surface area contributed by atoms with Crippen LogP contribution in [0.5, 0.6) is 5.88 Å². The van der Waals surface area contributed by atoms with Crippen molar-refractivity contribution in [3.05, 3.63) is 36.5 Å². The summed E-state index contributed by atoms with van der Waals surface area (Å²) >= 11 is 0. The van der Waals surface area contributed by atoms with Gasteiger partial charge in [-0.25, -0.2) is 9.97 Å². The van der Waals surface area contributed by atoms with Gasteiger partial charge < -0.3 is 24.1 Å². The molecular formula is C17H20N4O4. The van der Waals surface area contributed by atoms with Gasteiger partial charge >= 0.3 is 0 Å². The topological polar surface area (TPSA) is 89.7 Å². The van der Waals surface area contributed by atoms with Gasteiger partial charge in [0.25, 0.3) is 5.91 Å². The molecule has 0 spiro atoms. The SMILES string of the molecule is COc1cc(N2C[C@H]3[C@H](CNC(=O)c4ccco4)CO[C@H]3C2)ncn1. The molecule has 0 unspecified atom stereocenters. The molecule has 4 heterocycles. The molecule has 0 aliphatic carbocycles. The van der Waals surface area contributed by atoms with E-state index >= 15 is 0 Å². The maximum Gasteiger partial charge on any atom is 0.286 e. The van der Waals surface area contributed by atoms with Crippen LogP contribution in [-0.4, -0.2) is 55.3 Å². The maximum atomic E-state index is 12.0. The van der Waals surface area contributed by atoms with Crippen molar-refractivity contribution in [3.8, 4) is 5.88 Å². The Balaban J connectivity index is 1.37. The van der Waals surface area contributed by atoms with Gasteiger partial charge in [-0.2, -0.15) is 0 Å².